The molecule has 4 aromatic rings. The van der Waals surface area contributed by atoms with Crippen LogP contribution in [0, 0.1) is 17.6 Å². The van der Waals surface area contributed by atoms with E-state index in [1.165, 1.54) is 25.3 Å². The largest absolute Gasteiger partial charge is 0.496 e. The summed E-state index contributed by atoms with van der Waals surface area (Å²) in [6, 6.07) is 19.8. The van der Waals surface area contributed by atoms with E-state index in [1.54, 1.807) is 59.6 Å². The van der Waals surface area contributed by atoms with E-state index in [0.717, 1.165) is 16.8 Å². The molecule has 9 nitrogen and oxygen atoms in total. The van der Waals surface area contributed by atoms with Crippen molar-refractivity contribution in [3.8, 4) is 22.6 Å². The van der Waals surface area contributed by atoms with Gasteiger partial charge in [-0.25, -0.2) is 4.39 Å². The lowest BCUT2D eigenvalue weighted by atomic mass is 9.91. The van der Waals surface area contributed by atoms with Crippen molar-refractivity contribution in [3.05, 3.63) is 100 Å². The van der Waals surface area contributed by atoms with Gasteiger partial charge in [-0.05, 0) is 62.2 Å². The topological polar surface area (TPSA) is 111 Å². The molecule has 2 amide bonds. The van der Waals surface area contributed by atoms with E-state index in [2.05, 4.69) is 10.6 Å². The SMILES string of the molecule is COc1cc(NC(=O)c2ccccc2[NH+]=O)ccc1-c1ccc2c(c1COc1cc(F)ccc1C)N(C)C(=O)C(C)(C)N2. The molecule has 10 heteroatoms. The number of anilines is 3. The summed E-state index contributed by atoms with van der Waals surface area (Å²) in [5.41, 5.74) is 4.24. The van der Waals surface area contributed by atoms with Crippen LogP contribution in [0.25, 0.3) is 11.1 Å². The van der Waals surface area contributed by atoms with E-state index in [4.69, 9.17) is 9.47 Å². The van der Waals surface area contributed by atoms with Gasteiger partial charge in [-0.1, -0.05) is 24.3 Å². The van der Waals surface area contributed by atoms with Crippen molar-refractivity contribution in [2.45, 2.75) is 32.9 Å². The summed E-state index contributed by atoms with van der Waals surface area (Å²) >= 11 is 0. The lowest BCUT2D eigenvalue weighted by Crippen LogP contribution is -2.56. The predicted molar refractivity (Wildman–Crippen MR) is 163 cm³/mol. The highest BCUT2D eigenvalue weighted by Crippen LogP contribution is 2.45. The number of nitrogens with zero attached hydrogens (tertiary/aromatic N) is 1. The molecule has 0 atom stereocenters. The molecule has 1 aliphatic rings. The Labute approximate surface area is 248 Å². The number of halogens is 1. The van der Waals surface area contributed by atoms with Crippen LogP contribution in [0.1, 0.15) is 35.3 Å². The smallest absolute Gasteiger partial charge is 0.266 e. The number of ether oxygens (including phenoxy) is 2. The van der Waals surface area contributed by atoms with Gasteiger partial charge in [0, 0.05) is 52.1 Å². The number of amides is 2. The summed E-state index contributed by atoms with van der Waals surface area (Å²) in [5.74, 6) is -0.164. The monoisotopic (exact) mass is 583 g/mol. The zero-order valence-electron chi connectivity index (χ0n) is 24.5. The molecule has 0 radical (unpaired) electrons. The normalized spacial score (nSPS) is 13.5. The molecule has 0 aliphatic carbocycles. The van der Waals surface area contributed by atoms with Crippen LogP contribution in [0.15, 0.2) is 72.8 Å². The Hall–Kier alpha value is -5.25. The highest BCUT2D eigenvalue weighted by atomic mass is 19.1. The van der Waals surface area contributed by atoms with Gasteiger partial charge in [-0.2, -0.15) is 0 Å². The van der Waals surface area contributed by atoms with Gasteiger partial charge in [0.2, 0.25) is 0 Å². The molecule has 5 rings (SSSR count). The Bertz CT molecular complexity index is 1750. The standard InChI is InChI=1S/C33H31FN4O5/c1-19-10-11-20(34)16-28(19)43-18-25-22(14-15-27-30(25)38(4)32(40)33(2,3)36-27)23-13-12-21(17-29(23)42-5)35-31(39)24-8-6-7-9-26(24)37-41/h6-17,36H,18H2,1-5H3,(H,35,39)/p+1. The van der Waals surface area contributed by atoms with E-state index < -0.39 is 17.3 Å². The fourth-order valence-electron chi connectivity index (χ4n) is 5.27. The van der Waals surface area contributed by atoms with Crippen molar-refractivity contribution < 1.29 is 28.6 Å². The minimum absolute atomic E-state index is 0.0309. The Kier molecular flexibility index (Phi) is 7.86. The minimum atomic E-state index is -0.821. The van der Waals surface area contributed by atoms with Crippen LogP contribution >= 0.6 is 0 Å². The number of para-hydroxylation sites is 1. The molecule has 0 fully saturated rings. The second-order valence-electron chi connectivity index (χ2n) is 10.8. The first-order valence-corrected chi connectivity index (χ1v) is 13.6. The molecule has 1 heterocycles. The van der Waals surface area contributed by atoms with Gasteiger partial charge in [-0.15, -0.1) is 0 Å². The first-order valence-electron chi connectivity index (χ1n) is 13.6. The van der Waals surface area contributed by atoms with Gasteiger partial charge >= 0.3 is 0 Å². The first kappa shape index (κ1) is 29.2. The Morgan fingerprint density at radius 1 is 1.02 bits per heavy atom. The maximum atomic E-state index is 14.1. The summed E-state index contributed by atoms with van der Waals surface area (Å²) < 4.78 is 26.0. The maximum absolute atomic E-state index is 14.1. The minimum Gasteiger partial charge on any atom is -0.496 e. The molecule has 0 aromatic heterocycles. The molecule has 1 aliphatic heterocycles. The average Bonchev–Trinajstić information content (AvgIpc) is 3.00. The first-order chi connectivity index (χ1) is 20.5. The number of benzene rings is 4. The number of methoxy groups -OCH3 is 1. The number of aryl methyl sites for hydroxylation is 1. The third-order valence-electron chi connectivity index (χ3n) is 7.46. The number of likely N-dealkylation sites (N-methyl/N-ethyl adjacent to an activating group) is 1. The lowest BCUT2D eigenvalue weighted by molar-refractivity contribution is -0.379. The number of nitrogens with one attached hydrogen (secondary N) is 3. The Morgan fingerprint density at radius 2 is 1.77 bits per heavy atom. The molecular formula is C33H32FN4O5+. The fourth-order valence-corrected chi connectivity index (χ4v) is 5.27. The zero-order valence-corrected chi connectivity index (χ0v) is 24.5. The molecule has 0 saturated carbocycles. The number of fused-ring (bicyclic) bond motifs is 1. The third-order valence-corrected chi connectivity index (χ3v) is 7.46. The average molecular weight is 584 g/mol. The molecular weight excluding hydrogens is 551 g/mol. The Balaban J connectivity index is 1.58. The second-order valence-corrected chi connectivity index (χ2v) is 10.8. The van der Waals surface area contributed by atoms with E-state index in [-0.39, 0.29) is 23.8 Å². The maximum Gasteiger partial charge on any atom is 0.266 e. The zero-order chi connectivity index (χ0) is 30.9. The van der Waals surface area contributed by atoms with Crippen LogP contribution in [-0.2, 0) is 11.4 Å². The van der Waals surface area contributed by atoms with E-state index in [0.29, 0.717) is 34.0 Å². The summed E-state index contributed by atoms with van der Waals surface area (Å²) in [7, 11) is 3.24. The number of carbonyl (C=O) groups is 2. The molecule has 4 aromatic carbocycles. The Morgan fingerprint density at radius 3 is 2.51 bits per heavy atom. The van der Waals surface area contributed by atoms with Gasteiger partial charge in [0.15, 0.2) is 0 Å². The van der Waals surface area contributed by atoms with Crippen LogP contribution in [0.5, 0.6) is 11.5 Å². The summed E-state index contributed by atoms with van der Waals surface area (Å²) in [6.45, 7) is 5.49. The molecule has 43 heavy (non-hydrogen) atoms. The highest BCUT2D eigenvalue weighted by Gasteiger charge is 2.38. The van der Waals surface area contributed by atoms with Crippen molar-refractivity contribution in [2.75, 3.05) is 29.7 Å². The van der Waals surface area contributed by atoms with Crippen molar-refractivity contribution >= 4 is 34.6 Å². The second kappa shape index (κ2) is 11.6. The van der Waals surface area contributed by atoms with Crippen molar-refractivity contribution in [1.82, 2.24) is 0 Å². The van der Waals surface area contributed by atoms with Crippen molar-refractivity contribution in [2.24, 2.45) is 0 Å². The van der Waals surface area contributed by atoms with Crippen LogP contribution in [-0.4, -0.2) is 31.5 Å². The van der Waals surface area contributed by atoms with Crippen LogP contribution in [0.3, 0.4) is 0 Å². The number of carbonyl (C=O) groups excluding carboxylic acids is 2. The van der Waals surface area contributed by atoms with E-state index in [9.17, 15) is 18.9 Å². The van der Waals surface area contributed by atoms with Gasteiger partial charge in [0.25, 0.3) is 17.5 Å². The number of rotatable bonds is 8. The summed E-state index contributed by atoms with van der Waals surface area (Å²) in [6.07, 6.45) is 0. The molecule has 0 unspecified atom stereocenters. The summed E-state index contributed by atoms with van der Waals surface area (Å²) in [4.78, 5) is 39.1. The van der Waals surface area contributed by atoms with Crippen LogP contribution in [0.4, 0.5) is 27.1 Å². The lowest BCUT2D eigenvalue weighted by Gasteiger charge is -2.39. The third kappa shape index (κ3) is 5.63. The highest BCUT2D eigenvalue weighted by molar-refractivity contribution is 6.09. The van der Waals surface area contributed by atoms with E-state index >= 15 is 0 Å². The molecule has 0 spiro atoms. The summed E-state index contributed by atoms with van der Waals surface area (Å²) in [5, 5.41) is 7.92. The molecule has 0 saturated heterocycles. The van der Waals surface area contributed by atoms with Gasteiger partial charge < -0.3 is 25.0 Å². The van der Waals surface area contributed by atoms with Gasteiger partial charge in [-0.3, -0.25) is 9.59 Å². The van der Waals surface area contributed by atoms with Crippen molar-refractivity contribution in [1.29, 1.82) is 0 Å². The fraction of sp³-hybridized carbons (Fsp3) is 0.212. The van der Waals surface area contributed by atoms with Crippen LogP contribution < -0.4 is 30.2 Å². The molecule has 0 bridgehead atoms. The number of hydrogen-bond donors (Lipinski definition) is 3. The number of hydrogen-bond acceptors (Lipinski definition) is 6. The van der Waals surface area contributed by atoms with Crippen molar-refractivity contribution in [3.63, 3.8) is 0 Å². The quantitative estimate of drug-likeness (QED) is 0.260. The van der Waals surface area contributed by atoms with Gasteiger partial charge in [0.05, 0.1) is 18.5 Å². The predicted octanol–water partition coefficient (Wildman–Crippen LogP) is 5.29. The number of nitroso groups, excluding NO2 is 1. The molecule has 220 valence electrons. The molecule has 3 N–H and O–H groups in total. The van der Waals surface area contributed by atoms with E-state index in [1.807, 2.05) is 32.9 Å². The van der Waals surface area contributed by atoms with Crippen LogP contribution in [0.2, 0.25) is 0 Å². The van der Waals surface area contributed by atoms with Gasteiger partial charge in [0.1, 0.15) is 35.0 Å².